The molecule has 4 amide bonds. The van der Waals surface area contributed by atoms with Crippen LogP contribution >= 0.6 is 69.6 Å². The molecule has 6 aromatic carbocycles. The number of H-pyrrole nitrogens is 2. The van der Waals surface area contributed by atoms with Crippen molar-refractivity contribution in [2.24, 2.45) is 0 Å². The summed E-state index contributed by atoms with van der Waals surface area (Å²) in [6.45, 7) is 3.43. The molecule has 0 atom stereocenters. The van der Waals surface area contributed by atoms with Crippen molar-refractivity contribution in [2.75, 3.05) is 36.8 Å². The average molecular weight is 1270 g/mol. The summed E-state index contributed by atoms with van der Waals surface area (Å²) in [5.41, 5.74) is 9.28. The van der Waals surface area contributed by atoms with Crippen molar-refractivity contribution in [1.82, 2.24) is 70.6 Å². The van der Waals surface area contributed by atoms with E-state index < -0.39 is 0 Å². The maximum absolute atomic E-state index is 13.2. The van der Waals surface area contributed by atoms with Crippen molar-refractivity contribution in [2.45, 2.75) is 50.6 Å². The smallest absolute Gasteiger partial charge is 0.270 e. The van der Waals surface area contributed by atoms with Gasteiger partial charge in [0.25, 0.3) is 35.5 Å². The van der Waals surface area contributed by atoms with Gasteiger partial charge in [0.1, 0.15) is 0 Å². The molecule has 12 rings (SSSR count). The fourth-order valence-corrected chi connectivity index (χ4v) is 12.1. The predicted octanol–water partition coefficient (Wildman–Crippen LogP) is 12.7. The van der Waals surface area contributed by atoms with Gasteiger partial charge in [-0.25, -0.2) is 0 Å². The monoisotopic (exact) mass is 1270 g/mol. The highest BCUT2D eigenvalue weighted by Crippen LogP contribution is 2.36. The minimum Gasteiger partial charge on any atom is -0.339 e. The van der Waals surface area contributed by atoms with Gasteiger partial charge in [0.2, 0.25) is 0 Å². The van der Waals surface area contributed by atoms with Crippen LogP contribution in [-0.4, -0.2) is 120 Å². The number of aromatic amines is 2. The average Bonchev–Trinajstić information content (AvgIpc) is 2.70. The lowest BCUT2D eigenvalue weighted by Gasteiger charge is -2.32. The number of halogens is 6. The van der Waals surface area contributed by atoms with Crippen LogP contribution in [0.4, 0.5) is 11.9 Å². The van der Waals surface area contributed by atoms with E-state index in [4.69, 9.17) is 79.8 Å². The van der Waals surface area contributed by atoms with E-state index in [2.05, 4.69) is 64.0 Å². The molecule has 4 N–H and O–H groups in total. The van der Waals surface area contributed by atoms with Crippen molar-refractivity contribution >= 4 is 105 Å². The molecule has 26 heteroatoms. The number of aromatic nitrogens is 12. The largest absolute Gasteiger partial charge is 0.339 e. The van der Waals surface area contributed by atoms with Gasteiger partial charge in [0.15, 0.2) is 0 Å². The second-order valence-electron chi connectivity index (χ2n) is 20.5. The molecule has 0 aliphatic carbocycles. The molecule has 2 aliphatic heterocycles. The lowest BCUT2D eigenvalue weighted by molar-refractivity contribution is 0.0703. The summed E-state index contributed by atoms with van der Waals surface area (Å²) in [4.78, 5) is 55.0. The van der Waals surface area contributed by atoms with Crippen molar-refractivity contribution in [3.05, 3.63) is 220 Å². The highest BCUT2D eigenvalue weighted by molar-refractivity contribution is 6.36. The Morgan fingerprint density at radius 3 is 1.19 bits per heavy atom. The molecule has 20 nitrogen and oxygen atoms in total. The standard InChI is InChI=1S/C30H24Cl4N8O2.C30H26Cl2N8O2/c31-22-9-20(10-23(32)13-22)26-15-27(18-5-7-41(8-6-18)29(44)21-11-24(33)14-25(34)12-21)42(38-26)16-17-1-3-19(4-2-17)28(43)35-30-36-39-40-37-30;31-24-14-23(15-25(32)16-24)26-17-27(20-10-12-39(13-11-20)29(42)22-4-2-1-3-5-22)40(36-26)18-19-6-8-21(9-7-19)28(41)33-30-34-37-38-35-30/h1-4,9-15,18H,5-8,16H2,(H2,35,36,37,39,40,43);1-9,14-17,20H,10-13,18H2,(H2,33,34,35,37,38,41). The number of piperidine rings is 2. The molecule has 10 aromatic rings. The minimum absolute atomic E-state index is 0.0558. The molecule has 2 fully saturated rings. The number of nitrogens with one attached hydrogen (secondary N) is 4. The van der Waals surface area contributed by atoms with Gasteiger partial charge in [0, 0.05) is 113 Å². The first kappa shape index (κ1) is 59.2. The first-order valence-corrected chi connectivity index (χ1v) is 29.4. The number of amides is 4. The summed E-state index contributed by atoms with van der Waals surface area (Å²) in [6, 6.07) is 43.7. The molecule has 2 saturated heterocycles. The van der Waals surface area contributed by atoms with Crippen LogP contribution in [0.2, 0.25) is 30.1 Å². The van der Waals surface area contributed by atoms with Crippen LogP contribution < -0.4 is 10.6 Å². The van der Waals surface area contributed by atoms with E-state index in [0.29, 0.717) is 91.7 Å². The van der Waals surface area contributed by atoms with Crippen LogP contribution in [0.5, 0.6) is 0 Å². The van der Waals surface area contributed by atoms with Crippen LogP contribution in [0.1, 0.15) is 101 Å². The van der Waals surface area contributed by atoms with Crippen LogP contribution in [0.25, 0.3) is 22.5 Å². The van der Waals surface area contributed by atoms with Crippen LogP contribution in [0.3, 0.4) is 0 Å². The number of tetrazole rings is 2. The van der Waals surface area contributed by atoms with E-state index in [1.165, 1.54) is 0 Å². The zero-order valence-corrected chi connectivity index (χ0v) is 49.9. The van der Waals surface area contributed by atoms with E-state index in [-0.39, 0.29) is 47.4 Å². The third-order valence-electron chi connectivity index (χ3n) is 14.7. The fourth-order valence-electron chi connectivity index (χ4n) is 10.5. The van der Waals surface area contributed by atoms with Gasteiger partial charge in [0.05, 0.1) is 24.5 Å². The highest BCUT2D eigenvalue weighted by atomic mass is 35.5. The van der Waals surface area contributed by atoms with Crippen LogP contribution in [-0.2, 0) is 13.1 Å². The number of rotatable bonds is 14. The second-order valence-corrected chi connectivity index (χ2v) is 23.1. The van der Waals surface area contributed by atoms with Crippen molar-refractivity contribution in [3.63, 3.8) is 0 Å². The number of hydrogen-bond acceptors (Lipinski definition) is 12. The third kappa shape index (κ3) is 14.6. The maximum Gasteiger partial charge on any atom is 0.270 e. The summed E-state index contributed by atoms with van der Waals surface area (Å²) in [5, 5.41) is 44.5. The molecule has 0 unspecified atom stereocenters. The SMILES string of the molecule is O=C(Nc1nn[nH]n1)c1ccc(Cn2nc(-c3cc(Cl)cc(Cl)c3)cc2C2CCN(C(=O)c3cc(Cl)cc(Cl)c3)CC2)cc1.O=C(Nc1nn[nH]n1)c1ccc(Cn2nc(-c3cc(Cl)cc(Cl)c3)cc2C2CCN(C(=O)c3ccccc3)CC2)cc1. The molecule has 4 aromatic heterocycles. The maximum atomic E-state index is 13.2. The Morgan fingerprint density at radius 1 is 0.442 bits per heavy atom. The van der Waals surface area contributed by atoms with Gasteiger partial charge in [-0.05, 0) is 150 Å². The number of carbonyl (C=O) groups excluding carboxylic acids is 4. The fraction of sp³-hybridized carbons (Fsp3) is 0.200. The number of likely N-dealkylation sites (tertiary alicyclic amines) is 2. The zero-order valence-electron chi connectivity index (χ0n) is 45.3. The van der Waals surface area contributed by atoms with E-state index in [1.54, 1.807) is 54.6 Å². The number of carbonyl (C=O) groups is 4. The zero-order chi connectivity index (χ0) is 59.8. The van der Waals surface area contributed by atoms with E-state index >= 15 is 0 Å². The third-order valence-corrected chi connectivity index (χ3v) is 16.0. The van der Waals surface area contributed by atoms with Gasteiger partial charge in [-0.3, -0.25) is 39.2 Å². The Hall–Kier alpha value is -8.50. The Morgan fingerprint density at radius 2 is 0.814 bits per heavy atom. The number of benzene rings is 6. The van der Waals surface area contributed by atoms with Gasteiger partial charge in [-0.1, -0.05) is 122 Å². The molecule has 0 bridgehead atoms. The molecule has 436 valence electrons. The van der Waals surface area contributed by atoms with Gasteiger partial charge in [-0.2, -0.15) is 20.6 Å². The summed E-state index contributed by atoms with van der Waals surface area (Å²) < 4.78 is 3.97. The van der Waals surface area contributed by atoms with Crippen molar-refractivity contribution in [1.29, 1.82) is 0 Å². The lowest BCUT2D eigenvalue weighted by atomic mass is 9.92. The quantitative estimate of drug-likeness (QED) is 0.0794. The molecule has 0 radical (unpaired) electrons. The van der Waals surface area contributed by atoms with Crippen LogP contribution in [0.15, 0.2) is 146 Å². The highest BCUT2D eigenvalue weighted by Gasteiger charge is 2.30. The van der Waals surface area contributed by atoms with Crippen LogP contribution in [0, 0.1) is 0 Å². The molecule has 0 saturated carbocycles. The molecule has 2 aliphatic rings. The summed E-state index contributed by atoms with van der Waals surface area (Å²) in [7, 11) is 0. The Labute approximate surface area is 522 Å². The Balaban J connectivity index is 0.000000179. The Bertz CT molecular complexity index is 3980. The lowest BCUT2D eigenvalue weighted by Crippen LogP contribution is -2.38. The summed E-state index contributed by atoms with van der Waals surface area (Å²) >= 11 is 37.5. The molecular formula is C60H50Cl6N16O4. The van der Waals surface area contributed by atoms with E-state index in [0.717, 1.165) is 70.7 Å². The topological polar surface area (TPSA) is 243 Å². The number of hydrogen-bond donors (Lipinski definition) is 4. The minimum atomic E-state index is -0.348. The number of anilines is 2. The van der Waals surface area contributed by atoms with Gasteiger partial charge in [-0.15, -0.1) is 10.2 Å². The van der Waals surface area contributed by atoms with Crippen molar-refractivity contribution in [3.8, 4) is 22.5 Å². The van der Waals surface area contributed by atoms with E-state index in [1.807, 2.05) is 98.0 Å². The number of nitrogens with zero attached hydrogens (tertiary/aromatic N) is 12. The summed E-state index contributed by atoms with van der Waals surface area (Å²) in [5.74, 6) is -0.162. The molecular weight excluding hydrogens is 1220 g/mol. The normalized spacial score (nSPS) is 13.7. The first-order valence-electron chi connectivity index (χ1n) is 27.1. The summed E-state index contributed by atoms with van der Waals surface area (Å²) in [6.07, 6.45) is 3.12. The van der Waals surface area contributed by atoms with Crippen molar-refractivity contribution < 1.29 is 19.2 Å². The first-order chi connectivity index (χ1) is 41.6. The Kier molecular flexibility index (Phi) is 18.5. The molecule has 86 heavy (non-hydrogen) atoms. The molecule has 0 spiro atoms. The predicted molar refractivity (Wildman–Crippen MR) is 329 cm³/mol. The van der Waals surface area contributed by atoms with Gasteiger partial charge >= 0.3 is 0 Å². The molecule has 6 heterocycles. The van der Waals surface area contributed by atoms with E-state index in [9.17, 15) is 19.2 Å². The van der Waals surface area contributed by atoms with Gasteiger partial charge < -0.3 is 9.80 Å². The second kappa shape index (κ2) is 26.8.